The van der Waals surface area contributed by atoms with Gasteiger partial charge in [0.2, 0.25) is 10.0 Å². The summed E-state index contributed by atoms with van der Waals surface area (Å²) in [6.07, 6.45) is 0.648. The molecular weight excluding hydrogens is 372 g/mol. The maximum atomic E-state index is 12.6. The molecule has 0 radical (unpaired) electrons. The van der Waals surface area contributed by atoms with Gasteiger partial charge >= 0.3 is 5.97 Å². The molecule has 0 aromatic heterocycles. The van der Waals surface area contributed by atoms with E-state index < -0.39 is 27.4 Å². The van der Waals surface area contributed by atoms with Crippen molar-refractivity contribution in [3.63, 3.8) is 0 Å². The number of nitrogens with one attached hydrogen (secondary N) is 1. The van der Waals surface area contributed by atoms with Crippen LogP contribution in [-0.4, -0.2) is 61.5 Å². The number of carbonyl (C=O) groups excluding carboxylic acids is 1. The van der Waals surface area contributed by atoms with Crippen LogP contribution in [0.3, 0.4) is 0 Å². The van der Waals surface area contributed by atoms with Crippen molar-refractivity contribution in [2.75, 3.05) is 26.3 Å². The molecule has 150 valence electrons. The summed E-state index contributed by atoms with van der Waals surface area (Å²) in [7, 11) is -3.59. The highest BCUT2D eigenvalue weighted by Crippen LogP contribution is 2.25. The summed E-state index contributed by atoms with van der Waals surface area (Å²) in [5.74, 6) is -1.41. The van der Waals surface area contributed by atoms with E-state index in [2.05, 4.69) is 5.32 Å². The molecule has 1 heterocycles. The van der Waals surface area contributed by atoms with E-state index in [1.165, 1.54) is 28.6 Å². The van der Waals surface area contributed by atoms with Crippen molar-refractivity contribution in [2.45, 2.75) is 43.5 Å². The predicted octanol–water partition coefficient (Wildman–Crippen LogP) is 1.47. The van der Waals surface area contributed by atoms with Crippen molar-refractivity contribution >= 4 is 21.9 Å². The molecule has 27 heavy (non-hydrogen) atoms. The van der Waals surface area contributed by atoms with Gasteiger partial charge in [-0.25, -0.2) is 8.42 Å². The highest BCUT2D eigenvalue weighted by molar-refractivity contribution is 7.89. The van der Waals surface area contributed by atoms with Gasteiger partial charge in [0.25, 0.3) is 5.91 Å². The normalized spacial score (nSPS) is 16.9. The summed E-state index contributed by atoms with van der Waals surface area (Å²) in [6.45, 7) is 5.02. The Kier molecular flexibility index (Phi) is 6.96. The number of carboxylic acid groups (broad SMARTS) is 1. The first-order chi connectivity index (χ1) is 12.7. The van der Waals surface area contributed by atoms with Gasteiger partial charge in [0.1, 0.15) is 0 Å². The predicted molar refractivity (Wildman–Crippen MR) is 99.1 cm³/mol. The van der Waals surface area contributed by atoms with Crippen molar-refractivity contribution in [1.29, 1.82) is 0 Å². The number of rotatable bonds is 8. The lowest BCUT2D eigenvalue weighted by Crippen LogP contribution is -2.53. The number of nitrogens with zero attached hydrogens (tertiary/aromatic N) is 1. The minimum Gasteiger partial charge on any atom is -0.481 e. The lowest BCUT2D eigenvalue weighted by Gasteiger charge is -2.36. The lowest BCUT2D eigenvalue weighted by atomic mass is 9.86. The molecule has 0 unspecified atom stereocenters. The summed E-state index contributed by atoms with van der Waals surface area (Å²) in [5.41, 5.74) is -0.572. The number of sulfonamides is 1. The Labute approximate surface area is 159 Å². The SMILES string of the molecule is CCN(CC)S(=O)(=O)c1ccc(C(=O)NC2(CC(=O)O)CCOCC2)cc1. The van der Waals surface area contributed by atoms with E-state index in [-0.39, 0.29) is 16.9 Å². The third-order valence-corrected chi connectivity index (χ3v) is 6.84. The molecule has 1 saturated heterocycles. The first kappa shape index (κ1) is 21.3. The standard InChI is InChI=1S/C18H26N2O6S/c1-3-20(4-2)27(24,25)15-7-5-14(6-8-15)17(23)19-18(13-16(21)22)9-11-26-12-10-18/h5-8H,3-4,9-13H2,1-2H3,(H,19,23)(H,21,22). The molecule has 0 atom stereocenters. The molecule has 1 fully saturated rings. The Hall–Kier alpha value is -1.97. The van der Waals surface area contributed by atoms with Crippen LogP contribution < -0.4 is 5.32 Å². The molecule has 2 rings (SSSR count). The molecule has 9 heteroatoms. The third kappa shape index (κ3) is 5.06. The third-order valence-electron chi connectivity index (χ3n) is 4.78. The second-order valence-electron chi connectivity index (χ2n) is 6.53. The van der Waals surface area contributed by atoms with Crippen LogP contribution >= 0.6 is 0 Å². The monoisotopic (exact) mass is 398 g/mol. The van der Waals surface area contributed by atoms with Crippen LogP contribution in [0.2, 0.25) is 0 Å². The Balaban J connectivity index is 2.18. The Morgan fingerprint density at radius 2 is 1.70 bits per heavy atom. The van der Waals surface area contributed by atoms with Gasteiger partial charge in [0.15, 0.2) is 0 Å². The summed E-state index contributed by atoms with van der Waals surface area (Å²) < 4.78 is 31.6. The van der Waals surface area contributed by atoms with Crippen molar-refractivity contribution in [3.8, 4) is 0 Å². The maximum absolute atomic E-state index is 12.6. The summed E-state index contributed by atoms with van der Waals surface area (Å²) in [4.78, 5) is 23.9. The van der Waals surface area contributed by atoms with Crippen LogP contribution in [-0.2, 0) is 19.6 Å². The van der Waals surface area contributed by atoms with E-state index in [0.29, 0.717) is 39.1 Å². The van der Waals surface area contributed by atoms with Crippen LogP contribution in [0.25, 0.3) is 0 Å². The molecule has 1 aliphatic rings. The molecule has 0 aliphatic carbocycles. The number of hydrogen-bond acceptors (Lipinski definition) is 5. The fourth-order valence-corrected chi connectivity index (χ4v) is 4.66. The van der Waals surface area contributed by atoms with E-state index in [0.717, 1.165) is 0 Å². The van der Waals surface area contributed by atoms with E-state index in [4.69, 9.17) is 4.74 Å². The number of benzene rings is 1. The first-order valence-electron chi connectivity index (χ1n) is 8.96. The molecule has 1 aliphatic heterocycles. The van der Waals surface area contributed by atoms with Crippen LogP contribution in [0.15, 0.2) is 29.2 Å². The fourth-order valence-electron chi connectivity index (χ4n) is 3.20. The van der Waals surface area contributed by atoms with Gasteiger partial charge < -0.3 is 15.2 Å². The van der Waals surface area contributed by atoms with Gasteiger partial charge in [-0.15, -0.1) is 0 Å². The molecule has 0 saturated carbocycles. The molecule has 1 aromatic carbocycles. The van der Waals surface area contributed by atoms with Crippen LogP contribution in [0.1, 0.15) is 43.5 Å². The Bertz CT molecular complexity index is 766. The summed E-state index contributed by atoms with van der Waals surface area (Å²) >= 11 is 0. The van der Waals surface area contributed by atoms with E-state index in [1.54, 1.807) is 13.8 Å². The quantitative estimate of drug-likeness (QED) is 0.686. The van der Waals surface area contributed by atoms with Crippen LogP contribution in [0.5, 0.6) is 0 Å². The molecule has 0 spiro atoms. The zero-order chi connectivity index (χ0) is 20.1. The number of aliphatic carboxylic acids is 1. The minimum atomic E-state index is -3.59. The Morgan fingerprint density at radius 3 is 2.19 bits per heavy atom. The second-order valence-corrected chi connectivity index (χ2v) is 8.47. The van der Waals surface area contributed by atoms with E-state index in [1.807, 2.05) is 0 Å². The summed E-state index contributed by atoms with van der Waals surface area (Å²) in [6, 6.07) is 5.69. The first-order valence-corrected chi connectivity index (χ1v) is 10.4. The molecule has 0 bridgehead atoms. The average Bonchev–Trinajstić information content (AvgIpc) is 2.62. The lowest BCUT2D eigenvalue weighted by molar-refractivity contribution is -0.139. The topological polar surface area (TPSA) is 113 Å². The van der Waals surface area contributed by atoms with Crippen molar-refractivity contribution in [3.05, 3.63) is 29.8 Å². The Morgan fingerprint density at radius 1 is 1.15 bits per heavy atom. The summed E-state index contributed by atoms with van der Waals surface area (Å²) in [5, 5.41) is 12.0. The van der Waals surface area contributed by atoms with Gasteiger partial charge in [-0.1, -0.05) is 13.8 Å². The second kappa shape index (κ2) is 8.81. The van der Waals surface area contributed by atoms with Gasteiger partial charge in [-0.3, -0.25) is 9.59 Å². The molecular formula is C18H26N2O6S. The maximum Gasteiger partial charge on any atom is 0.305 e. The van der Waals surface area contributed by atoms with Crippen molar-refractivity contribution in [2.24, 2.45) is 0 Å². The van der Waals surface area contributed by atoms with E-state index in [9.17, 15) is 23.1 Å². The van der Waals surface area contributed by atoms with Gasteiger partial charge in [0.05, 0.1) is 16.9 Å². The molecule has 1 aromatic rings. The number of hydrogen-bond donors (Lipinski definition) is 2. The van der Waals surface area contributed by atoms with Crippen LogP contribution in [0, 0.1) is 0 Å². The molecule has 8 nitrogen and oxygen atoms in total. The minimum absolute atomic E-state index is 0.120. The average molecular weight is 398 g/mol. The number of amides is 1. The van der Waals surface area contributed by atoms with Gasteiger partial charge in [-0.05, 0) is 37.1 Å². The molecule has 1 amide bonds. The highest BCUT2D eigenvalue weighted by Gasteiger charge is 2.36. The number of carboxylic acids is 1. The number of carbonyl (C=O) groups is 2. The zero-order valence-corrected chi connectivity index (χ0v) is 16.4. The van der Waals surface area contributed by atoms with E-state index >= 15 is 0 Å². The fraction of sp³-hybridized carbons (Fsp3) is 0.556. The van der Waals surface area contributed by atoms with Crippen LogP contribution in [0.4, 0.5) is 0 Å². The molecule has 2 N–H and O–H groups in total. The van der Waals surface area contributed by atoms with Gasteiger partial charge in [-0.2, -0.15) is 4.31 Å². The number of ether oxygens (including phenoxy) is 1. The zero-order valence-electron chi connectivity index (χ0n) is 15.6. The van der Waals surface area contributed by atoms with Crippen molar-refractivity contribution < 1.29 is 27.9 Å². The highest BCUT2D eigenvalue weighted by atomic mass is 32.2. The van der Waals surface area contributed by atoms with Crippen molar-refractivity contribution in [1.82, 2.24) is 9.62 Å². The van der Waals surface area contributed by atoms with Gasteiger partial charge in [0, 0.05) is 31.9 Å². The smallest absolute Gasteiger partial charge is 0.305 e. The largest absolute Gasteiger partial charge is 0.481 e.